The maximum atomic E-state index is 12.0. The van der Waals surface area contributed by atoms with Gasteiger partial charge in [-0.05, 0) is 24.8 Å². The van der Waals surface area contributed by atoms with Gasteiger partial charge in [0.15, 0.2) is 0 Å². The van der Waals surface area contributed by atoms with Gasteiger partial charge in [-0.2, -0.15) is 0 Å². The molecule has 1 N–H and O–H groups in total. The number of ether oxygens (including phenoxy) is 1. The molecule has 0 aliphatic carbocycles. The highest BCUT2D eigenvalue weighted by atomic mass is 16.6. The first kappa shape index (κ1) is 16.1. The molecule has 1 heterocycles. The molecule has 1 aromatic carbocycles. The van der Waals surface area contributed by atoms with Crippen molar-refractivity contribution in [2.45, 2.75) is 25.9 Å². The lowest BCUT2D eigenvalue weighted by Crippen LogP contribution is -2.46. The Kier molecular flexibility index (Phi) is 5.20. The zero-order valence-corrected chi connectivity index (χ0v) is 12.5. The first-order chi connectivity index (χ1) is 10.6. The average molecular weight is 303 g/mol. The standard InChI is InChI=1S/C17H21NO4/c1-2-8-17(15(19)20)9-11-18(12-10-17)16(21)22-13-14-6-4-3-5-7-14/h2-7H,1,8-13H2,(H,19,20). The Labute approximate surface area is 130 Å². The number of rotatable bonds is 5. The van der Waals surface area contributed by atoms with E-state index in [4.69, 9.17) is 4.74 Å². The first-order valence-electron chi connectivity index (χ1n) is 7.37. The van der Waals surface area contributed by atoms with Gasteiger partial charge in [0.05, 0.1) is 5.41 Å². The van der Waals surface area contributed by atoms with Crippen molar-refractivity contribution < 1.29 is 19.4 Å². The molecule has 1 saturated heterocycles. The molecule has 1 aliphatic rings. The van der Waals surface area contributed by atoms with E-state index in [1.54, 1.807) is 11.0 Å². The van der Waals surface area contributed by atoms with Gasteiger partial charge in [-0.1, -0.05) is 36.4 Å². The highest BCUT2D eigenvalue weighted by Gasteiger charge is 2.41. The van der Waals surface area contributed by atoms with Crippen LogP contribution < -0.4 is 0 Å². The first-order valence-corrected chi connectivity index (χ1v) is 7.37. The van der Waals surface area contributed by atoms with E-state index in [-0.39, 0.29) is 12.7 Å². The normalized spacial score (nSPS) is 16.8. The Balaban J connectivity index is 1.86. The molecule has 0 unspecified atom stereocenters. The van der Waals surface area contributed by atoms with E-state index in [9.17, 15) is 14.7 Å². The number of piperidine rings is 1. The van der Waals surface area contributed by atoms with E-state index in [0.29, 0.717) is 32.4 Å². The maximum absolute atomic E-state index is 12.0. The molecule has 0 aromatic heterocycles. The number of carbonyl (C=O) groups excluding carboxylic acids is 1. The van der Waals surface area contributed by atoms with Crippen LogP contribution in [0.1, 0.15) is 24.8 Å². The predicted molar refractivity (Wildman–Crippen MR) is 82.3 cm³/mol. The molecule has 1 aliphatic heterocycles. The fourth-order valence-electron chi connectivity index (χ4n) is 2.71. The van der Waals surface area contributed by atoms with Crippen molar-refractivity contribution in [3.05, 3.63) is 48.6 Å². The number of carbonyl (C=O) groups is 2. The van der Waals surface area contributed by atoms with Crippen LogP contribution in [0.4, 0.5) is 4.79 Å². The molecule has 0 bridgehead atoms. The number of benzene rings is 1. The van der Waals surface area contributed by atoms with E-state index in [1.807, 2.05) is 30.3 Å². The topological polar surface area (TPSA) is 66.8 Å². The second-order valence-corrected chi connectivity index (χ2v) is 5.61. The van der Waals surface area contributed by atoms with Crippen LogP contribution in [-0.4, -0.2) is 35.2 Å². The Morgan fingerprint density at radius 1 is 1.27 bits per heavy atom. The van der Waals surface area contributed by atoms with Crippen molar-refractivity contribution in [1.29, 1.82) is 0 Å². The van der Waals surface area contributed by atoms with E-state index in [1.165, 1.54) is 0 Å². The van der Waals surface area contributed by atoms with Crippen LogP contribution in [0.2, 0.25) is 0 Å². The number of hydrogen-bond donors (Lipinski definition) is 1. The quantitative estimate of drug-likeness (QED) is 0.849. The summed E-state index contributed by atoms with van der Waals surface area (Å²) in [6.07, 6.45) is 2.53. The zero-order chi connectivity index (χ0) is 16.0. The highest BCUT2D eigenvalue weighted by molar-refractivity contribution is 5.76. The summed E-state index contributed by atoms with van der Waals surface area (Å²) >= 11 is 0. The maximum Gasteiger partial charge on any atom is 0.410 e. The van der Waals surface area contributed by atoms with Crippen molar-refractivity contribution in [3.8, 4) is 0 Å². The highest BCUT2D eigenvalue weighted by Crippen LogP contribution is 2.35. The van der Waals surface area contributed by atoms with Crippen LogP contribution in [0, 0.1) is 5.41 Å². The molecular weight excluding hydrogens is 282 g/mol. The summed E-state index contributed by atoms with van der Waals surface area (Å²) in [5.41, 5.74) is 0.136. The molecule has 0 saturated carbocycles. The van der Waals surface area contributed by atoms with Crippen LogP contribution in [0.3, 0.4) is 0 Å². The summed E-state index contributed by atoms with van der Waals surface area (Å²) in [5, 5.41) is 9.41. The summed E-state index contributed by atoms with van der Waals surface area (Å²) in [6.45, 7) is 4.65. The summed E-state index contributed by atoms with van der Waals surface area (Å²) in [6, 6.07) is 9.47. The molecule has 118 valence electrons. The van der Waals surface area contributed by atoms with Gasteiger partial charge < -0.3 is 14.7 Å². The number of aliphatic carboxylic acids is 1. The number of carboxylic acids is 1. The lowest BCUT2D eigenvalue weighted by atomic mass is 9.76. The third kappa shape index (κ3) is 3.67. The average Bonchev–Trinajstić information content (AvgIpc) is 2.54. The Hall–Kier alpha value is -2.30. The molecule has 1 amide bonds. The molecule has 0 atom stereocenters. The number of hydrogen-bond acceptors (Lipinski definition) is 3. The van der Waals surface area contributed by atoms with Crippen LogP contribution >= 0.6 is 0 Å². The minimum Gasteiger partial charge on any atom is -0.481 e. The Morgan fingerprint density at radius 3 is 2.45 bits per heavy atom. The molecule has 1 aromatic rings. The van der Waals surface area contributed by atoms with E-state index in [0.717, 1.165) is 5.56 Å². The number of carboxylic acid groups (broad SMARTS) is 1. The third-order valence-electron chi connectivity index (χ3n) is 4.17. The largest absolute Gasteiger partial charge is 0.481 e. The lowest BCUT2D eigenvalue weighted by molar-refractivity contribution is -0.151. The molecule has 5 heteroatoms. The lowest BCUT2D eigenvalue weighted by Gasteiger charge is -2.37. The molecular formula is C17H21NO4. The van der Waals surface area contributed by atoms with Gasteiger partial charge in [0.1, 0.15) is 6.61 Å². The van der Waals surface area contributed by atoms with Crippen LogP contribution in [0.5, 0.6) is 0 Å². The molecule has 0 spiro atoms. The van der Waals surface area contributed by atoms with Crippen molar-refractivity contribution in [3.63, 3.8) is 0 Å². The number of likely N-dealkylation sites (tertiary alicyclic amines) is 1. The molecule has 22 heavy (non-hydrogen) atoms. The van der Waals surface area contributed by atoms with Crippen LogP contribution in [0.25, 0.3) is 0 Å². The van der Waals surface area contributed by atoms with Gasteiger partial charge in [-0.15, -0.1) is 6.58 Å². The van der Waals surface area contributed by atoms with Gasteiger partial charge in [-0.3, -0.25) is 4.79 Å². The fraction of sp³-hybridized carbons (Fsp3) is 0.412. The Bertz CT molecular complexity index is 533. The van der Waals surface area contributed by atoms with Crippen LogP contribution in [0.15, 0.2) is 43.0 Å². The molecule has 0 radical (unpaired) electrons. The summed E-state index contributed by atoms with van der Waals surface area (Å²) in [4.78, 5) is 25.1. The monoisotopic (exact) mass is 303 g/mol. The van der Waals surface area contributed by atoms with Crippen molar-refractivity contribution in [2.75, 3.05) is 13.1 Å². The van der Waals surface area contributed by atoms with Gasteiger partial charge in [0.25, 0.3) is 0 Å². The van der Waals surface area contributed by atoms with Crippen molar-refractivity contribution >= 4 is 12.1 Å². The molecule has 2 rings (SSSR count). The molecule has 1 fully saturated rings. The van der Waals surface area contributed by atoms with Crippen LogP contribution in [-0.2, 0) is 16.1 Å². The minimum atomic E-state index is -0.815. The zero-order valence-electron chi connectivity index (χ0n) is 12.5. The van der Waals surface area contributed by atoms with Gasteiger partial charge in [0, 0.05) is 13.1 Å². The Morgan fingerprint density at radius 2 is 1.91 bits per heavy atom. The fourth-order valence-corrected chi connectivity index (χ4v) is 2.71. The van der Waals surface area contributed by atoms with E-state index in [2.05, 4.69) is 6.58 Å². The van der Waals surface area contributed by atoms with Gasteiger partial charge in [0.2, 0.25) is 0 Å². The molecule has 5 nitrogen and oxygen atoms in total. The summed E-state index contributed by atoms with van der Waals surface area (Å²) in [5.74, 6) is -0.815. The second-order valence-electron chi connectivity index (χ2n) is 5.61. The van der Waals surface area contributed by atoms with Crippen molar-refractivity contribution in [2.24, 2.45) is 5.41 Å². The number of amides is 1. The van der Waals surface area contributed by atoms with Gasteiger partial charge >= 0.3 is 12.1 Å². The van der Waals surface area contributed by atoms with E-state index >= 15 is 0 Å². The predicted octanol–water partition coefficient (Wildman–Crippen LogP) is 3.07. The third-order valence-corrected chi connectivity index (χ3v) is 4.17. The second kappa shape index (κ2) is 7.11. The van der Waals surface area contributed by atoms with E-state index < -0.39 is 11.4 Å². The number of allylic oxidation sites excluding steroid dienone is 1. The minimum absolute atomic E-state index is 0.229. The summed E-state index contributed by atoms with van der Waals surface area (Å²) < 4.78 is 5.28. The smallest absolute Gasteiger partial charge is 0.410 e. The number of nitrogens with zero attached hydrogens (tertiary/aromatic N) is 1. The van der Waals surface area contributed by atoms with Crippen molar-refractivity contribution in [1.82, 2.24) is 4.90 Å². The van der Waals surface area contributed by atoms with Gasteiger partial charge in [-0.25, -0.2) is 4.79 Å². The SMILES string of the molecule is C=CCC1(C(=O)O)CCN(C(=O)OCc2ccccc2)CC1. The summed E-state index contributed by atoms with van der Waals surface area (Å²) in [7, 11) is 0.